The molecule has 21 heavy (non-hydrogen) atoms. The molecule has 0 spiro atoms. The predicted molar refractivity (Wildman–Crippen MR) is 81.6 cm³/mol. The van der Waals surface area contributed by atoms with E-state index in [0.29, 0.717) is 11.3 Å². The summed E-state index contributed by atoms with van der Waals surface area (Å²) in [5, 5.41) is 0. The maximum absolute atomic E-state index is 13.5. The average molecular weight is 304 g/mol. The molecule has 0 aromatic heterocycles. The number of hydrogen-bond donors (Lipinski definition) is 2. The first-order valence-corrected chi connectivity index (χ1v) is 6.49. The standard InChI is InChI=1S/C15H13FN2O2S/c16-12-6-5-9(7-11(12)15(18)21)8-20-13-4-2-1-3-10(13)14(17)19/h1-7H,8H2,(H2,17,19)(H2,18,21). The van der Waals surface area contributed by atoms with Crippen molar-refractivity contribution in [2.75, 3.05) is 0 Å². The molecule has 0 saturated heterocycles. The number of carbonyl (C=O) groups is 1. The number of thiocarbonyl (C=S) groups is 1. The van der Waals surface area contributed by atoms with E-state index in [0.717, 1.165) is 0 Å². The van der Waals surface area contributed by atoms with Crippen LogP contribution in [-0.4, -0.2) is 10.9 Å². The number of primary amides is 1. The Morgan fingerprint density at radius 1 is 1.14 bits per heavy atom. The van der Waals surface area contributed by atoms with Crippen molar-refractivity contribution in [2.45, 2.75) is 6.61 Å². The van der Waals surface area contributed by atoms with Crippen LogP contribution in [0.5, 0.6) is 5.75 Å². The maximum Gasteiger partial charge on any atom is 0.252 e. The molecule has 6 heteroatoms. The van der Waals surface area contributed by atoms with Gasteiger partial charge in [0.05, 0.1) is 5.56 Å². The van der Waals surface area contributed by atoms with Crippen molar-refractivity contribution < 1.29 is 13.9 Å². The Balaban J connectivity index is 2.19. The molecular weight excluding hydrogens is 291 g/mol. The van der Waals surface area contributed by atoms with E-state index in [1.165, 1.54) is 12.1 Å². The highest BCUT2D eigenvalue weighted by Crippen LogP contribution is 2.19. The number of rotatable bonds is 5. The Labute approximate surface area is 126 Å². The molecule has 0 fully saturated rings. The highest BCUT2D eigenvalue weighted by Gasteiger charge is 2.10. The fourth-order valence-corrected chi connectivity index (χ4v) is 1.96. The molecule has 0 aliphatic rings. The van der Waals surface area contributed by atoms with Crippen molar-refractivity contribution in [1.29, 1.82) is 0 Å². The number of para-hydroxylation sites is 1. The van der Waals surface area contributed by atoms with Gasteiger partial charge in [-0.2, -0.15) is 0 Å². The lowest BCUT2D eigenvalue weighted by Crippen LogP contribution is -2.14. The molecule has 2 rings (SSSR count). The molecule has 2 aromatic carbocycles. The molecule has 0 aliphatic heterocycles. The molecule has 4 N–H and O–H groups in total. The molecule has 0 aliphatic carbocycles. The van der Waals surface area contributed by atoms with Crippen molar-refractivity contribution in [1.82, 2.24) is 0 Å². The van der Waals surface area contributed by atoms with Crippen LogP contribution >= 0.6 is 12.2 Å². The van der Waals surface area contributed by atoms with E-state index in [1.807, 2.05) is 0 Å². The van der Waals surface area contributed by atoms with Gasteiger partial charge in [-0.3, -0.25) is 4.79 Å². The normalized spacial score (nSPS) is 10.1. The largest absolute Gasteiger partial charge is 0.488 e. The minimum absolute atomic E-state index is 0.0214. The predicted octanol–water partition coefficient (Wildman–Crippen LogP) is 2.14. The highest BCUT2D eigenvalue weighted by molar-refractivity contribution is 7.80. The summed E-state index contributed by atoms with van der Waals surface area (Å²) >= 11 is 4.78. The maximum atomic E-state index is 13.5. The summed E-state index contributed by atoms with van der Waals surface area (Å²) in [6, 6.07) is 11.0. The Bertz CT molecular complexity index is 704. The number of nitrogens with two attached hydrogens (primary N) is 2. The first-order chi connectivity index (χ1) is 9.99. The third kappa shape index (κ3) is 3.55. The molecule has 0 heterocycles. The van der Waals surface area contributed by atoms with Gasteiger partial charge in [0, 0.05) is 5.56 Å². The third-order valence-corrected chi connectivity index (χ3v) is 3.06. The molecule has 2 aromatic rings. The highest BCUT2D eigenvalue weighted by atomic mass is 32.1. The average Bonchev–Trinajstić information content (AvgIpc) is 2.46. The van der Waals surface area contributed by atoms with E-state index >= 15 is 0 Å². The zero-order valence-corrected chi connectivity index (χ0v) is 11.8. The minimum Gasteiger partial charge on any atom is -0.488 e. The van der Waals surface area contributed by atoms with Crippen molar-refractivity contribution in [3.63, 3.8) is 0 Å². The van der Waals surface area contributed by atoms with Gasteiger partial charge < -0.3 is 16.2 Å². The molecule has 0 atom stereocenters. The fourth-order valence-electron chi connectivity index (χ4n) is 1.81. The van der Waals surface area contributed by atoms with Crippen LogP contribution in [0.25, 0.3) is 0 Å². The first kappa shape index (κ1) is 14.9. The van der Waals surface area contributed by atoms with Gasteiger partial charge in [-0.05, 0) is 29.8 Å². The molecular formula is C15H13FN2O2S. The SMILES string of the molecule is NC(=O)c1ccccc1OCc1ccc(F)c(C(N)=S)c1. The van der Waals surface area contributed by atoms with Crippen LogP contribution in [-0.2, 0) is 6.61 Å². The summed E-state index contributed by atoms with van der Waals surface area (Å²) in [7, 11) is 0. The molecule has 4 nitrogen and oxygen atoms in total. The summed E-state index contributed by atoms with van der Waals surface area (Å²) < 4.78 is 19.0. The number of benzene rings is 2. The Hall–Kier alpha value is -2.47. The lowest BCUT2D eigenvalue weighted by Gasteiger charge is -2.10. The smallest absolute Gasteiger partial charge is 0.252 e. The number of hydrogen-bond acceptors (Lipinski definition) is 3. The fraction of sp³-hybridized carbons (Fsp3) is 0.0667. The van der Waals surface area contributed by atoms with Crippen LogP contribution < -0.4 is 16.2 Å². The molecule has 108 valence electrons. The zero-order chi connectivity index (χ0) is 15.4. The summed E-state index contributed by atoms with van der Waals surface area (Å²) in [6.45, 7) is 0.139. The second kappa shape index (κ2) is 6.32. The van der Waals surface area contributed by atoms with Crippen LogP contribution in [0, 0.1) is 5.82 Å². The van der Waals surface area contributed by atoms with Crippen molar-refractivity contribution in [2.24, 2.45) is 11.5 Å². The van der Waals surface area contributed by atoms with Crippen LogP contribution in [0.1, 0.15) is 21.5 Å². The summed E-state index contributed by atoms with van der Waals surface area (Å²) in [5.41, 5.74) is 11.8. The lowest BCUT2D eigenvalue weighted by atomic mass is 10.1. The number of amides is 1. The van der Waals surface area contributed by atoms with Crippen LogP contribution in [0.15, 0.2) is 42.5 Å². The van der Waals surface area contributed by atoms with E-state index in [2.05, 4.69) is 0 Å². The molecule has 0 unspecified atom stereocenters. The van der Waals surface area contributed by atoms with E-state index < -0.39 is 11.7 Å². The van der Waals surface area contributed by atoms with Gasteiger partial charge in [0.25, 0.3) is 5.91 Å². The van der Waals surface area contributed by atoms with Crippen LogP contribution in [0.2, 0.25) is 0 Å². The van der Waals surface area contributed by atoms with Gasteiger partial charge in [0.15, 0.2) is 0 Å². The van der Waals surface area contributed by atoms with Crippen LogP contribution in [0.3, 0.4) is 0 Å². The van der Waals surface area contributed by atoms with Gasteiger partial charge in [0.2, 0.25) is 0 Å². The topological polar surface area (TPSA) is 78.3 Å². The quantitative estimate of drug-likeness (QED) is 0.830. The molecule has 0 bridgehead atoms. The first-order valence-electron chi connectivity index (χ1n) is 6.09. The van der Waals surface area contributed by atoms with E-state index in [9.17, 15) is 9.18 Å². The van der Waals surface area contributed by atoms with Crippen molar-refractivity contribution >= 4 is 23.1 Å². The monoisotopic (exact) mass is 304 g/mol. The second-order valence-electron chi connectivity index (χ2n) is 4.33. The van der Waals surface area contributed by atoms with E-state index in [1.54, 1.807) is 30.3 Å². The summed E-state index contributed by atoms with van der Waals surface area (Å²) in [6.07, 6.45) is 0. The van der Waals surface area contributed by atoms with Gasteiger partial charge in [-0.15, -0.1) is 0 Å². The summed E-state index contributed by atoms with van der Waals surface area (Å²) in [5.74, 6) is -0.691. The van der Waals surface area contributed by atoms with Gasteiger partial charge in [0.1, 0.15) is 23.2 Å². The molecule has 0 radical (unpaired) electrons. The van der Waals surface area contributed by atoms with Gasteiger partial charge in [-0.25, -0.2) is 4.39 Å². The van der Waals surface area contributed by atoms with Gasteiger partial charge in [-0.1, -0.05) is 30.4 Å². The third-order valence-electron chi connectivity index (χ3n) is 2.84. The Morgan fingerprint density at radius 3 is 2.52 bits per heavy atom. The summed E-state index contributed by atoms with van der Waals surface area (Å²) in [4.78, 5) is 11.3. The lowest BCUT2D eigenvalue weighted by molar-refractivity contribution is 0.0996. The number of carbonyl (C=O) groups excluding carboxylic acids is 1. The van der Waals surface area contributed by atoms with E-state index in [-0.39, 0.29) is 22.7 Å². The van der Waals surface area contributed by atoms with Crippen molar-refractivity contribution in [3.8, 4) is 5.75 Å². The van der Waals surface area contributed by atoms with Crippen LogP contribution in [0.4, 0.5) is 4.39 Å². The molecule has 1 amide bonds. The van der Waals surface area contributed by atoms with Crippen molar-refractivity contribution in [3.05, 3.63) is 65.0 Å². The zero-order valence-electron chi connectivity index (χ0n) is 11.0. The van der Waals surface area contributed by atoms with Gasteiger partial charge >= 0.3 is 0 Å². The number of ether oxygens (including phenoxy) is 1. The minimum atomic E-state index is -0.575. The molecule has 0 saturated carbocycles. The second-order valence-corrected chi connectivity index (χ2v) is 4.77. The Morgan fingerprint density at radius 2 is 1.86 bits per heavy atom. The Kier molecular flexibility index (Phi) is 4.49. The number of halogens is 1. The van der Waals surface area contributed by atoms with E-state index in [4.69, 9.17) is 28.4 Å².